The van der Waals surface area contributed by atoms with Crippen LogP contribution in [0.5, 0.6) is 0 Å². The molecule has 1 aliphatic rings. The Morgan fingerprint density at radius 1 is 0.538 bits per heavy atom. The Balaban J connectivity index is 2.13. The van der Waals surface area contributed by atoms with Gasteiger partial charge in [-0.3, -0.25) is 0 Å². The van der Waals surface area contributed by atoms with Gasteiger partial charge in [-0.1, -0.05) is 84.0 Å². The summed E-state index contributed by atoms with van der Waals surface area (Å²) < 4.78 is 0. The number of unbranched alkanes of at least 4 members (excludes halogenated alkanes) is 11. The SMILES string of the molecule is CCCCCCCCCCCCCCC1(Cl)C(Cl)C(Cl)C(Cl)C(Cl)C1Cl. The van der Waals surface area contributed by atoms with E-state index in [1.165, 1.54) is 64.2 Å². The van der Waals surface area contributed by atoms with Crippen molar-refractivity contribution in [2.75, 3.05) is 0 Å². The molecule has 0 aromatic heterocycles. The molecule has 1 fully saturated rings. The lowest BCUT2D eigenvalue weighted by Gasteiger charge is -2.47. The minimum Gasteiger partial charge on any atom is -0.120 e. The van der Waals surface area contributed by atoms with E-state index in [-0.39, 0.29) is 0 Å². The quantitative estimate of drug-likeness (QED) is 0.180. The molecule has 0 nitrogen and oxygen atoms in total. The van der Waals surface area contributed by atoms with Crippen molar-refractivity contribution < 1.29 is 0 Å². The van der Waals surface area contributed by atoms with Gasteiger partial charge in [0.05, 0.1) is 31.8 Å². The van der Waals surface area contributed by atoms with Gasteiger partial charge in [-0.25, -0.2) is 0 Å². The summed E-state index contributed by atoms with van der Waals surface area (Å²) in [5.41, 5.74) is 0. The van der Waals surface area contributed by atoms with Crippen LogP contribution in [0.4, 0.5) is 0 Å². The molecule has 1 saturated carbocycles. The molecule has 0 N–H and O–H groups in total. The molecule has 1 rings (SSSR count). The number of alkyl halides is 6. The van der Waals surface area contributed by atoms with Gasteiger partial charge in [0.1, 0.15) is 0 Å². The zero-order valence-electron chi connectivity index (χ0n) is 15.8. The molecule has 0 radical (unpaired) electrons. The summed E-state index contributed by atoms with van der Waals surface area (Å²) in [4.78, 5) is -0.786. The van der Waals surface area contributed by atoms with Crippen LogP contribution in [-0.4, -0.2) is 31.8 Å². The Morgan fingerprint density at radius 3 is 1.27 bits per heavy atom. The summed E-state index contributed by atoms with van der Waals surface area (Å²) in [6.45, 7) is 2.26. The predicted octanol–water partition coefficient (Wildman–Crippen LogP) is 9.11. The molecule has 4 atom stereocenters. The fourth-order valence-electron chi connectivity index (χ4n) is 3.69. The summed E-state index contributed by atoms with van der Waals surface area (Å²) in [6.07, 6.45) is 16.3. The third kappa shape index (κ3) is 7.87. The van der Waals surface area contributed by atoms with Crippen molar-refractivity contribution in [3.05, 3.63) is 0 Å². The maximum absolute atomic E-state index is 6.77. The second-order valence-electron chi connectivity index (χ2n) is 7.70. The topological polar surface area (TPSA) is 0 Å². The predicted molar refractivity (Wildman–Crippen MR) is 122 cm³/mol. The van der Waals surface area contributed by atoms with Crippen molar-refractivity contribution in [3.63, 3.8) is 0 Å². The highest BCUT2D eigenvalue weighted by Crippen LogP contribution is 2.49. The summed E-state index contributed by atoms with van der Waals surface area (Å²) in [5, 5.41) is -2.34. The molecule has 4 unspecified atom stereocenters. The van der Waals surface area contributed by atoms with E-state index in [9.17, 15) is 0 Å². The van der Waals surface area contributed by atoms with Crippen molar-refractivity contribution in [2.45, 2.75) is 122 Å². The van der Waals surface area contributed by atoms with Crippen LogP contribution in [0.2, 0.25) is 0 Å². The highest BCUT2D eigenvalue weighted by molar-refractivity contribution is 6.46. The van der Waals surface area contributed by atoms with Gasteiger partial charge in [-0.15, -0.1) is 69.6 Å². The summed E-state index contributed by atoms with van der Waals surface area (Å²) in [6, 6.07) is 0. The van der Waals surface area contributed by atoms with Gasteiger partial charge in [0.25, 0.3) is 0 Å². The van der Waals surface area contributed by atoms with Gasteiger partial charge in [0, 0.05) is 0 Å². The average molecular weight is 487 g/mol. The van der Waals surface area contributed by atoms with Crippen LogP contribution in [-0.2, 0) is 0 Å². The molecule has 1 aliphatic carbocycles. The van der Waals surface area contributed by atoms with E-state index >= 15 is 0 Å². The van der Waals surface area contributed by atoms with E-state index in [4.69, 9.17) is 69.6 Å². The van der Waals surface area contributed by atoms with Gasteiger partial charge in [-0.2, -0.15) is 0 Å². The van der Waals surface area contributed by atoms with E-state index in [1.54, 1.807) is 0 Å². The number of halogens is 6. The minimum atomic E-state index is -0.786. The summed E-state index contributed by atoms with van der Waals surface area (Å²) >= 11 is 38.6. The van der Waals surface area contributed by atoms with Crippen molar-refractivity contribution in [1.82, 2.24) is 0 Å². The fourth-order valence-corrected chi connectivity index (χ4v) is 6.37. The molecule has 156 valence electrons. The lowest BCUT2D eigenvalue weighted by atomic mass is 9.82. The second-order valence-corrected chi connectivity index (χ2v) is 10.9. The molecule has 0 bridgehead atoms. The van der Waals surface area contributed by atoms with E-state index in [2.05, 4.69) is 6.92 Å². The largest absolute Gasteiger partial charge is 0.120 e. The molecule has 0 amide bonds. The van der Waals surface area contributed by atoms with Crippen LogP contribution in [0, 0.1) is 0 Å². The minimum absolute atomic E-state index is 0.461. The number of rotatable bonds is 13. The fraction of sp³-hybridized carbons (Fsp3) is 1.00. The number of hydrogen-bond acceptors (Lipinski definition) is 0. The maximum Gasteiger partial charge on any atom is 0.0802 e. The Bertz CT molecular complexity index is 348. The van der Waals surface area contributed by atoms with Crippen LogP contribution < -0.4 is 0 Å². The molecule has 26 heavy (non-hydrogen) atoms. The molecule has 0 heterocycles. The molecular weight excluding hydrogens is 453 g/mol. The third-order valence-electron chi connectivity index (χ3n) is 5.50. The van der Waals surface area contributed by atoms with Gasteiger partial charge in [0.2, 0.25) is 0 Å². The molecule has 0 saturated heterocycles. The summed E-state index contributed by atoms with van der Waals surface area (Å²) in [7, 11) is 0. The standard InChI is InChI=1S/C20H34Cl6/c1-2-3-4-5-6-7-8-9-10-11-12-13-14-20(26)18(24)16(22)15(21)17(23)19(20)25/h15-19H,2-14H2,1H3. The van der Waals surface area contributed by atoms with Gasteiger partial charge in [-0.05, 0) is 6.42 Å². The Labute approximate surface area is 190 Å². The molecular formula is C20H34Cl6. The number of hydrogen-bond donors (Lipinski definition) is 0. The first-order valence-corrected chi connectivity index (χ1v) is 12.8. The first-order valence-electron chi connectivity index (χ1n) is 10.3. The van der Waals surface area contributed by atoms with E-state index in [1.807, 2.05) is 0 Å². The van der Waals surface area contributed by atoms with E-state index < -0.39 is 31.8 Å². The van der Waals surface area contributed by atoms with Crippen LogP contribution in [0.25, 0.3) is 0 Å². The van der Waals surface area contributed by atoms with Gasteiger partial charge >= 0.3 is 0 Å². The van der Waals surface area contributed by atoms with Crippen LogP contribution in [0.3, 0.4) is 0 Å². The second kappa shape index (κ2) is 13.9. The zero-order valence-corrected chi connectivity index (χ0v) is 20.4. The molecule has 0 spiro atoms. The van der Waals surface area contributed by atoms with E-state index in [0.717, 1.165) is 19.3 Å². The van der Waals surface area contributed by atoms with E-state index in [0.29, 0.717) is 0 Å². The smallest absolute Gasteiger partial charge is 0.0802 e. The van der Waals surface area contributed by atoms with Crippen LogP contribution in [0.15, 0.2) is 0 Å². The lowest BCUT2D eigenvalue weighted by molar-refractivity contribution is 0.381. The Hall–Kier alpha value is 1.74. The maximum atomic E-state index is 6.77. The van der Waals surface area contributed by atoms with Crippen molar-refractivity contribution in [1.29, 1.82) is 0 Å². The first-order chi connectivity index (χ1) is 12.4. The molecule has 0 aromatic rings. The monoisotopic (exact) mass is 484 g/mol. The van der Waals surface area contributed by atoms with Crippen LogP contribution in [0.1, 0.15) is 90.4 Å². The van der Waals surface area contributed by atoms with Gasteiger partial charge in [0.15, 0.2) is 0 Å². The molecule has 6 heteroatoms. The average Bonchev–Trinajstić information content (AvgIpc) is 2.64. The first kappa shape index (κ1) is 25.8. The van der Waals surface area contributed by atoms with Crippen molar-refractivity contribution in [2.24, 2.45) is 0 Å². The zero-order chi connectivity index (χ0) is 19.6. The molecule has 0 aromatic carbocycles. The van der Waals surface area contributed by atoms with Crippen molar-refractivity contribution in [3.8, 4) is 0 Å². The highest BCUT2D eigenvalue weighted by Gasteiger charge is 2.56. The van der Waals surface area contributed by atoms with Gasteiger partial charge < -0.3 is 0 Å². The normalized spacial score (nSPS) is 35.0. The van der Waals surface area contributed by atoms with Crippen molar-refractivity contribution >= 4 is 69.6 Å². The third-order valence-corrected chi connectivity index (χ3v) is 9.81. The molecule has 0 aliphatic heterocycles. The lowest BCUT2D eigenvalue weighted by Crippen LogP contribution is -2.60. The Kier molecular flexibility index (Phi) is 13.8. The Morgan fingerprint density at radius 2 is 0.885 bits per heavy atom. The summed E-state index contributed by atoms with van der Waals surface area (Å²) in [5.74, 6) is 0. The van der Waals surface area contributed by atoms with Crippen LogP contribution >= 0.6 is 69.6 Å². The highest BCUT2D eigenvalue weighted by atomic mass is 35.5.